The van der Waals surface area contributed by atoms with Crippen LogP contribution in [0.25, 0.3) is 0 Å². The number of amides is 3. The summed E-state index contributed by atoms with van der Waals surface area (Å²) in [6.07, 6.45) is 10.4. The topological polar surface area (TPSA) is 117 Å². The van der Waals surface area contributed by atoms with E-state index in [-0.39, 0.29) is 30.4 Å². The SMILES string of the molecule is CN(C)[C@H]1C=CN(c2ccc(N(C(=O)NCc3ccccc3)C3CCC(Nc4ccc(C#N)cn4)CC3)cc2NC(=O)CCS)CC1. The number of anilines is 4. The number of aromatic nitrogens is 1. The Morgan fingerprint density at radius 2 is 1.83 bits per heavy atom. The zero-order chi connectivity index (χ0) is 33.2. The van der Waals surface area contributed by atoms with Gasteiger partial charge in [0.25, 0.3) is 0 Å². The highest BCUT2D eigenvalue weighted by Crippen LogP contribution is 2.36. The third-order valence-electron chi connectivity index (χ3n) is 8.81. The highest BCUT2D eigenvalue weighted by atomic mass is 32.1. The number of thiol groups is 1. The lowest BCUT2D eigenvalue weighted by Crippen LogP contribution is -2.48. The van der Waals surface area contributed by atoms with E-state index in [4.69, 9.17) is 5.26 Å². The standard InChI is InChI=1S/C36H44N8O2S/c1-42(2)29-16-19-43(20-17-29)33-14-13-31(22-32(33)41-35(45)18-21-47)44(36(46)39-24-26-6-4-3-5-7-26)30-11-9-28(10-12-30)40-34-15-8-27(23-37)25-38-34/h3-8,13-16,19,22,25,28-30,47H,9-12,17-18,20-21,24H2,1-2H3,(H,38,40)(H,39,46)(H,41,45)/t28?,29-,30?/m0/s1. The number of benzene rings is 2. The molecule has 5 rings (SSSR count). The molecular weight excluding hydrogens is 609 g/mol. The predicted molar refractivity (Wildman–Crippen MR) is 192 cm³/mol. The fraction of sp³-hybridized carbons (Fsp3) is 0.389. The fourth-order valence-corrected chi connectivity index (χ4v) is 6.40. The van der Waals surface area contributed by atoms with Crippen molar-refractivity contribution in [3.05, 3.63) is 90.3 Å². The van der Waals surface area contributed by atoms with Crippen molar-refractivity contribution in [2.75, 3.05) is 46.8 Å². The summed E-state index contributed by atoms with van der Waals surface area (Å²) in [4.78, 5) is 37.5. The van der Waals surface area contributed by atoms with Gasteiger partial charge < -0.3 is 25.8 Å². The van der Waals surface area contributed by atoms with E-state index in [1.165, 1.54) is 0 Å². The molecule has 1 aliphatic heterocycles. The van der Waals surface area contributed by atoms with E-state index < -0.39 is 0 Å². The molecule has 1 atom stereocenters. The molecule has 10 nitrogen and oxygen atoms in total. The Bertz CT molecular complexity index is 1570. The maximum Gasteiger partial charge on any atom is 0.322 e. The van der Waals surface area contributed by atoms with E-state index >= 15 is 0 Å². The van der Waals surface area contributed by atoms with Crippen LogP contribution in [0.2, 0.25) is 0 Å². The van der Waals surface area contributed by atoms with Gasteiger partial charge in [-0.05, 0) is 87.8 Å². The molecule has 0 unspecified atom stereocenters. The van der Waals surface area contributed by atoms with Gasteiger partial charge in [0.05, 0.1) is 16.9 Å². The summed E-state index contributed by atoms with van der Waals surface area (Å²) in [5.74, 6) is 1.07. The normalized spacial score (nSPS) is 19.1. The van der Waals surface area contributed by atoms with E-state index in [0.29, 0.717) is 29.6 Å². The highest BCUT2D eigenvalue weighted by Gasteiger charge is 2.31. The Morgan fingerprint density at radius 3 is 2.47 bits per heavy atom. The fourth-order valence-electron chi connectivity index (χ4n) is 6.20. The van der Waals surface area contributed by atoms with Gasteiger partial charge in [-0.25, -0.2) is 9.78 Å². The average molecular weight is 653 g/mol. The van der Waals surface area contributed by atoms with Gasteiger partial charge in [0.15, 0.2) is 0 Å². The number of nitrogens with one attached hydrogen (secondary N) is 3. The van der Waals surface area contributed by atoms with Crippen LogP contribution >= 0.6 is 12.6 Å². The average Bonchev–Trinajstić information content (AvgIpc) is 3.09. The number of nitriles is 1. The molecule has 3 amide bonds. The molecule has 0 spiro atoms. The molecule has 0 saturated heterocycles. The molecule has 2 heterocycles. The second-order valence-electron chi connectivity index (χ2n) is 12.3. The molecular formula is C36H44N8O2S. The second-order valence-corrected chi connectivity index (χ2v) is 12.7. The van der Waals surface area contributed by atoms with Gasteiger partial charge in [0, 0.05) is 55.7 Å². The maximum atomic E-state index is 14.0. The number of urea groups is 1. The molecule has 246 valence electrons. The molecule has 47 heavy (non-hydrogen) atoms. The van der Waals surface area contributed by atoms with Gasteiger partial charge in [-0.2, -0.15) is 17.9 Å². The smallest absolute Gasteiger partial charge is 0.322 e. The number of carbonyl (C=O) groups is 2. The van der Waals surface area contributed by atoms with Gasteiger partial charge in [-0.1, -0.05) is 36.4 Å². The van der Waals surface area contributed by atoms with Crippen molar-refractivity contribution < 1.29 is 9.59 Å². The lowest BCUT2D eigenvalue weighted by molar-refractivity contribution is -0.115. The summed E-state index contributed by atoms with van der Waals surface area (Å²) < 4.78 is 0. The van der Waals surface area contributed by atoms with E-state index in [1.807, 2.05) is 59.5 Å². The van der Waals surface area contributed by atoms with Gasteiger partial charge in [0.2, 0.25) is 5.91 Å². The molecule has 2 aromatic carbocycles. The quantitative estimate of drug-likeness (QED) is 0.188. The van der Waals surface area contributed by atoms with Gasteiger partial charge >= 0.3 is 6.03 Å². The molecule has 1 aliphatic carbocycles. The first-order chi connectivity index (χ1) is 22.8. The monoisotopic (exact) mass is 652 g/mol. The Kier molecular flexibility index (Phi) is 11.8. The van der Waals surface area contributed by atoms with Crippen molar-refractivity contribution in [1.29, 1.82) is 5.26 Å². The molecule has 1 fully saturated rings. The molecule has 2 aliphatic rings. The summed E-state index contributed by atoms with van der Waals surface area (Å²) >= 11 is 4.26. The van der Waals surface area contributed by atoms with Gasteiger partial charge in [-0.3, -0.25) is 9.69 Å². The second kappa shape index (κ2) is 16.3. The Labute approximate surface area is 283 Å². The number of pyridine rings is 1. The third-order valence-corrected chi connectivity index (χ3v) is 9.03. The van der Waals surface area contributed by atoms with E-state index in [1.54, 1.807) is 12.3 Å². The van der Waals surface area contributed by atoms with E-state index in [9.17, 15) is 9.59 Å². The number of hydrogen-bond donors (Lipinski definition) is 4. The number of likely N-dealkylation sites (N-methyl/N-ethyl adjacent to an activating group) is 1. The Morgan fingerprint density at radius 1 is 1.04 bits per heavy atom. The third kappa shape index (κ3) is 9.05. The summed E-state index contributed by atoms with van der Waals surface area (Å²) in [5.41, 5.74) is 3.84. The summed E-state index contributed by atoms with van der Waals surface area (Å²) in [5, 5.41) is 18.8. The molecule has 3 aromatic rings. The van der Waals surface area contributed by atoms with Crippen molar-refractivity contribution in [1.82, 2.24) is 15.2 Å². The lowest BCUT2D eigenvalue weighted by atomic mass is 9.89. The Hall–Kier alpha value is -4.53. The number of carbonyl (C=O) groups excluding carboxylic acids is 2. The minimum absolute atomic E-state index is 0.0414. The van der Waals surface area contributed by atoms with Crippen LogP contribution in [-0.2, 0) is 11.3 Å². The van der Waals surface area contributed by atoms with Crippen LogP contribution in [-0.4, -0.2) is 66.3 Å². The van der Waals surface area contributed by atoms with E-state index in [2.05, 4.69) is 75.8 Å². The van der Waals surface area contributed by atoms with Crippen molar-refractivity contribution >= 4 is 47.4 Å². The summed E-state index contributed by atoms with van der Waals surface area (Å²) in [7, 11) is 4.15. The number of nitrogens with zero attached hydrogens (tertiary/aromatic N) is 5. The Balaban J connectivity index is 1.39. The first kappa shape index (κ1) is 33.8. The van der Waals surface area contributed by atoms with Crippen molar-refractivity contribution in [2.24, 2.45) is 0 Å². The first-order valence-corrected chi connectivity index (χ1v) is 16.9. The lowest BCUT2D eigenvalue weighted by Gasteiger charge is -2.38. The number of hydrogen-bond acceptors (Lipinski definition) is 8. The van der Waals surface area contributed by atoms with Crippen LogP contribution < -0.4 is 25.8 Å². The van der Waals surface area contributed by atoms with Crippen LogP contribution in [0.15, 0.2) is 79.1 Å². The van der Waals surface area contributed by atoms with E-state index in [0.717, 1.165) is 61.4 Å². The first-order valence-electron chi connectivity index (χ1n) is 16.2. The van der Waals surface area contributed by atoms with Crippen molar-refractivity contribution in [2.45, 2.75) is 63.2 Å². The largest absolute Gasteiger partial charge is 0.367 e. The number of rotatable bonds is 11. The van der Waals surface area contributed by atoms with Crippen molar-refractivity contribution in [3.8, 4) is 6.07 Å². The van der Waals surface area contributed by atoms with Crippen LogP contribution in [0, 0.1) is 11.3 Å². The van der Waals surface area contributed by atoms with Crippen LogP contribution in [0.4, 0.5) is 27.7 Å². The maximum absolute atomic E-state index is 14.0. The molecule has 11 heteroatoms. The minimum Gasteiger partial charge on any atom is -0.367 e. The van der Waals surface area contributed by atoms with Crippen LogP contribution in [0.3, 0.4) is 0 Å². The molecule has 3 N–H and O–H groups in total. The van der Waals surface area contributed by atoms with Crippen molar-refractivity contribution in [3.63, 3.8) is 0 Å². The van der Waals surface area contributed by atoms with Crippen LogP contribution in [0.1, 0.15) is 49.7 Å². The van der Waals surface area contributed by atoms with Crippen LogP contribution in [0.5, 0.6) is 0 Å². The highest BCUT2D eigenvalue weighted by molar-refractivity contribution is 7.80. The molecule has 1 saturated carbocycles. The minimum atomic E-state index is -0.175. The van der Waals surface area contributed by atoms with Gasteiger partial charge in [0.1, 0.15) is 11.9 Å². The summed E-state index contributed by atoms with van der Waals surface area (Å²) in [6.45, 7) is 1.22. The predicted octanol–water partition coefficient (Wildman–Crippen LogP) is 6.01. The summed E-state index contributed by atoms with van der Waals surface area (Å²) in [6, 6.07) is 21.8. The zero-order valence-electron chi connectivity index (χ0n) is 27.1. The molecule has 0 bridgehead atoms. The zero-order valence-corrected chi connectivity index (χ0v) is 28.0. The van der Waals surface area contributed by atoms with Gasteiger partial charge in [-0.15, -0.1) is 0 Å². The molecule has 1 aromatic heterocycles. The molecule has 0 radical (unpaired) electrons.